The van der Waals surface area contributed by atoms with Gasteiger partial charge in [0.25, 0.3) is 11.2 Å². The minimum absolute atomic E-state index is 0.135. The van der Waals surface area contributed by atoms with E-state index in [2.05, 4.69) is 15.3 Å². The molecule has 0 saturated carbocycles. The fourth-order valence-corrected chi connectivity index (χ4v) is 2.34. The number of nitro benzene ring substituents is 1. The van der Waals surface area contributed by atoms with Crippen molar-refractivity contribution in [3.63, 3.8) is 0 Å². The molecular weight excluding hydrogens is 315 g/mol. The van der Waals surface area contributed by atoms with Crippen molar-refractivity contribution in [1.82, 2.24) is 9.97 Å². The number of halogens is 1. The van der Waals surface area contributed by atoms with E-state index in [1.54, 1.807) is 19.1 Å². The molecule has 2 N–H and O–H groups in total. The molecule has 24 heavy (non-hydrogen) atoms. The van der Waals surface area contributed by atoms with Crippen LogP contribution in [-0.2, 0) is 6.54 Å². The number of fused-ring (bicyclic) bond motifs is 1. The number of benzene rings is 2. The molecule has 7 nitrogen and oxygen atoms in total. The number of hydrogen-bond donors (Lipinski definition) is 2. The monoisotopic (exact) mass is 328 g/mol. The van der Waals surface area contributed by atoms with Crippen LogP contribution in [-0.4, -0.2) is 14.9 Å². The van der Waals surface area contributed by atoms with E-state index in [1.165, 1.54) is 24.5 Å². The Bertz CT molecular complexity index is 1000. The van der Waals surface area contributed by atoms with Gasteiger partial charge in [0.05, 0.1) is 22.2 Å². The summed E-state index contributed by atoms with van der Waals surface area (Å²) in [6, 6.07) is 7.37. The largest absolute Gasteiger partial charge is 0.375 e. The molecule has 8 heteroatoms. The van der Waals surface area contributed by atoms with Crippen molar-refractivity contribution < 1.29 is 9.31 Å². The second kappa shape index (κ2) is 6.07. The Labute approximate surface area is 135 Å². The molecule has 1 aromatic heterocycles. The number of nitrogens with zero attached hydrogens (tertiary/aromatic N) is 2. The van der Waals surface area contributed by atoms with Crippen molar-refractivity contribution in [3.05, 3.63) is 74.1 Å². The van der Waals surface area contributed by atoms with E-state index in [-0.39, 0.29) is 29.1 Å². The first-order valence-corrected chi connectivity index (χ1v) is 7.10. The number of nitrogens with one attached hydrogen (secondary N) is 2. The van der Waals surface area contributed by atoms with E-state index in [0.717, 1.165) is 0 Å². The van der Waals surface area contributed by atoms with Gasteiger partial charge >= 0.3 is 0 Å². The Morgan fingerprint density at radius 1 is 1.33 bits per heavy atom. The zero-order valence-corrected chi connectivity index (χ0v) is 12.7. The lowest BCUT2D eigenvalue weighted by molar-refractivity contribution is -0.383. The second-order valence-corrected chi connectivity index (χ2v) is 5.31. The topological polar surface area (TPSA) is 101 Å². The summed E-state index contributed by atoms with van der Waals surface area (Å²) < 4.78 is 13.6. The molecule has 0 fully saturated rings. The molecule has 0 amide bonds. The normalized spacial score (nSPS) is 10.8. The van der Waals surface area contributed by atoms with E-state index in [0.29, 0.717) is 16.6 Å². The highest BCUT2D eigenvalue weighted by Crippen LogP contribution is 2.28. The van der Waals surface area contributed by atoms with Crippen LogP contribution >= 0.6 is 0 Å². The van der Waals surface area contributed by atoms with Crippen LogP contribution < -0.4 is 10.9 Å². The number of rotatable bonds is 4. The molecule has 0 unspecified atom stereocenters. The second-order valence-electron chi connectivity index (χ2n) is 5.31. The van der Waals surface area contributed by atoms with E-state index < -0.39 is 10.5 Å². The van der Waals surface area contributed by atoms with Gasteiger partial charge in [0.1, 0.15) is 11.5 Å². The Balaban J connectivity index is 1.98. The first kappa shape index (κ1) is 15.6. The van der Waals surface area contributed by atoms with E-state index in [9.17, 15) is 19.3 Å². The van der Waals surface area contributed by atoms with Crippen molar-refractivity contribution in [2.75, 3.05) is 5.32 Å². The predicted octanol–water partition coefficient (Wildman–Crippen LogP) is 2.89. The fourth-order valence-electron chi connectivity index (χ4n) is 2.34. The van der Waals surface area contributed by atoms with Gasteiger partial charge in [-0.05, 0) is 30.2 Å². The minimum atomic E-state index is -0.579. The first-order chi connectivity index (χ1) is 11.5. The lowest BCUT2D eigenvalue weighted by Crippen LogP contribution is -2.09. The summed E-state index contributed by atoms with van der Waals surface area (Å²) in [4.78, 5) is 28.8. The molecule has 0 bridgehead atoms. The van der Waals surface area contributed by atoms with Gasteiger partial charge in [-0.3, -0.25) is 14.9 Å². The lowest BCUT2D eigenvalue weighted by Gasteiger charge is -2.09. The van der Waals surface area contributed by atoms with E-state index in [1.807, 2.05) is 0 Å². The van der Waals surface area contributed by atoms with Crippen LogP contribution in [0.5, 0.6) is 0 Å². The van der Waals surface area contributed by atoms with Crippen LogP contribution in [0.25, 0.3) is 10.9 Å². The highest BCUT2D eigenvalue weighted by atomic mass is 19.1. The maximum Gasteiger partial charge on any atom is 0.293 e. The van der Waals surface area contributed by atoms with Crippen LogP contribution in [0.15, 0.2) is 41.5 Å². The van der Waals surface area contributed by atoms with Crippen molar-refractivity contribution in [1.29, 1.82) is 0 Å². The highest BCUT2D eigenvalue weighted by Gasteiger charge is 2.17. The molecule has 3 rings (SSSR count). The zero-order valence-electron chi connectivity index (χ0n) is 12.7. The van der Waals surface area contributed by atoms with Gasteiger partial charge in [0.2, 0.25) is 0 Å². The molecule has 1 heterocycles. The Morgan fingerprint density at radius 2 is 2.12 bits per heavy atom. The summed E-state index contributed by atoms with van der Waals surface area (Å²) in [5.74, 6) is -0.337. The number of anilines is 1. The molecule has 0 aliphatic carbocycles. The van der Waals surface area contributed by atoms with Crippen LogP contribution in [0.4, 0.5) is 15.8 Å². The average molecular weight is 328 g/mol. The van der Waals surface area contributed by atoms with Gasteiger partial charge in [0, 0.05) is 12.6 Å². The Morgan fingerprint density at radius 3 is 2.83 bits per heavy atom. The van der Waals surface area contributed by atoms with E-state index in [4.69, 9.17) is 0 Å². The van der Waals surface area contributed by atoms with Crippen LogP contribution in [0, 0.1) is 22.9 Å². The Hall–Kier alpha value is -3.29. The molecule has 3 aromatic rings. The van der Waals surface area contributed by atoms with Gasteiger partial charge < -0.3 is 10.3 Å². The van der Waals surface area contributed by atoms with Crippen LogP contribution in [0.2, 0.25) is 0 Å². The third kappa shape index (κ3) is 2.94. The van der Waals surface area contributed by atoms with Crippen molar-refractivity contribution in [3.8, 4) is 0 Å². The van der Waals surface area contributed by atoms with Gasteiger partial charge in [-0.25, -0.2) is 9.37 Å². The third-order valence-electron chi connectivity index (χ3n) is 3.67. The minimum Gasteiger partial charge on any atom is -0.375 e. The van der Waals surface area contributed by atoms with Crippen molar-refractivity contribution >= 4 is 22.3 Å². The summed E-state index contributed by atoms with van der Waals surface area (Å²) >= 11 is 0. The van der Waals surface area contributed by atoms with Gasteiger partial charge in [0.15, 0.2) is 0 Å². The van der Waals surface area contributed by atoms with Gasteiger partial charge in [-0.2, -0.15) is 0 Å². The predicted molar refractivity (Wildman–Crippen MR) is 87.5 cm³/mol. The maximum absolute atomic E-state index is 13.6. The summed E-state index contributed by atoms with van der Waals surface area (Å²) in [5.41, 5.74) is 1.03. The summed E-state index contributed by atoms with van der Waals surface area (Å²) in [6.07, 6.45) is 1.23. The maximum atomic E-state index is 13.6. The summed E-state index contributed by atoms with van der Waals surface area (Å²) in [5, 5.41) is 14.3. The number of aryl methyl sites for hydroxylation is 1. The molecule has 0 radical (unpaired) electrons. The van der Waals surface area contributed by atoms with Crippen molar-refractivity contribution in [2.45, 2.75) is 13.5 Å². The molecular formula is C16H13FN4O3. The standard InChI is InChI=1S/C16H13FN4O3/c1-9-2-3-10(4-12(9)17)7-18-14-6-13-11(5-15(14)21(23)24)16(22)20-8-19-13/h2-6,8,18H,7H2,1H3,(H,19,20,22). The molecule has 0 saturated heterocycles. The molecule has 2 aromatic carbocycles. The summed E-state index contributed by atoms with van der Waals surface area (Å²) in [6.45, 7) is 1.86. The SMILES string of the molecule is Cc1ccc(CNc2cc3nc[nH]c(=O)c3cc2[N+](=O)[O-])cc1F. The lowest BCUT2D eigenvalue weighted by atomic mass is 10.1. The van der Waals surface area contributed by atoms with Crippen LogP contribution in [0.1, 0.15) is 11.1 Å². The first-order valence-electron chi connectivity index (χ1n) is 7.10. The molecule has 0 aliphatic rings. The van der Waals surface area contributed by atoms with Crippen LogP contribution in [0.3, 0.4) is 0 Å². The molecule has 0 aliphatic heterocycles. The highest BCUT2D eigenvalue weighted by molar-refractivity contribution is 5.86. The number of aromatic amines is 1. The fraction of sp³-hybridized carbons (Fsp3) is 0.125. The third-order valence-corrected chi connectivity index (χ3v) is 3.67. The average Bonchev–Trinajstić information content (AvgIpc) is 2.55. The quantitative estimate of drug-likeness (QED) is 0.566. The number of aromatic nitrogens is 2. The Kier molecular flexibility index (Phi) is 3.95. The smallest absolute Gasteiger partial charge is 0.293 e. The van der Waals surface area contributed by atoms with Gasteiger partial charge in [-0.15, -0.1) is 0 Å². The zero-order chi connectivity index (χ0) is 17.3. The number of hydrogen-bond acceptors (Lipinski definition) is 5. The molecule has 122 valence electrons. The van der Waals surface area contributed by atoms with Gasteiger partial charge in [-0.1, -0.05) is 12.1 Å². The number of H-pyrrole nitrogens is 1. The van der Waals surface area contributed by atoms with Crippen molar-refractivity contribution in [2.24, 2.45) is 0 Å². The number of nitro groups is 1. The van der Waals surface area contributed by atoms with E-state index >= 15 is 0 Å². The summed E-state index contributed by atoms with van der Waals surface area (Å²) in [7, 11) is 0. The molecule has 0 atom stereocenters. The molecule has 0 spiro atoms.